The molecule has 0 bridgehead atoms. The number of fused-ring (bicyclic) bond motifs is 1. The molecule has 1 aliphatic rings. The summed E-state index contributed by atoms with van der Waals surface area (Å²) in [5.74, 6) is -0.524. The van der Waals surface area contributed by atoms with Gasteiger partial charge in [0.15, 0.2) is 0 Å². The number of carbonyl (C=O) groups excluding carboxylic acids is 1. The first kappa shape index (κ1) is 24.5. The summed E-state index contributed by atoms with van der Waals surface area (Å²) in [7, 11) is 0. The van der Waals surface area contributed by atoms with Gasteiger partial charge in [-0.1, -0.05) is 12.1 Å². The highest BCUT2D eigenvalue weighted by molar-refractivity contribution is 5.95. The number of amides is 1. The highest BCUT2D eigenvalue weighted by Gasteiger charge is 2.28. The summed E-state index contributed by atoms with van der Waals surface area (Å²) in [5, 5.41) is 5.52. The lowest BCUT2D eigenvalue weighted by molar-refractivity contribution is -0.138. The predicted octanol–water partition coefficient (Wildman–Crippen LogP) is 4.77. The number of anilines is 2. The van der Waals surface area contributed by atoms with Crippen LogP contribution >= 0.6 is 0 Å². The number of pyridine rings is 1. The van der Waals surface area contributed by atoms with Crippen LogP contribution in [0.4, 0.5) is 24.7 Å². The van der Waals surface area contributed by atoms with E-state index in [-0.39, 0.29) is 5.82 Å². The molecule has 0 saturated carbocycles. The van der Waals surface area contributed by atoms with Gasteiger partial charge in [0.05, 0.1) is 18.1 Å². The molecule has 11 heteroatoms. The van der Waals surface area contributed by atoms with Crippen LogP contribution in [0.1, 0.15) is 19.8 Å². The van der Waals surface area contributed by atoms with Crippen molar-refractivity contribution in [3.63, 3.8) is 0 Å². The van der Waals surface area contributed by atoms with Crippen molar-refractivity contribution in [2.24, 2.45) is 0 Å². The number of hydrogen-bond donors (Lipinski definition) is 3. The molecule has 1 atom stereocenters. The summed E-state index contributed by atoms with van der Waals surface area (Å²) >= 11 is 0. The number of hydrogen-bond acceptors (Lipinski definition) is 6. The van der Waals surface area contributed by atoms with Crippen molar-refractivity contribution in [2.75, 3.05) is 29.9 Å². The van der Waals surface area contributed by atoms with Gasteiger partial charge in [0.2, 0.25) is 5.91 Å². The molecular weight excluding hydrogens is 483 g/mol. The first-order valence-electron chi connectivity index (χ1n) is 12.0. The summed E-state index contributed by atoms with van der Waals surface area (Å²) in [6.45, 7) is 2.24. The van der Waals surface area contributed by atoms with Crippen molar-refractivity contribution < 1.29 is 18.0 Å². The monoisotopic (exact) mass is 509 g/mol. The van der Waals surface area contributed by atoms with E-state index >= 15 is 0 Å². The molecule has 0 radical (unpaired) electrons. The molecule has 8 nitrogen and oxygen atoms in total. The Balaban J connectivity index is 1.36. The number of aromatic amines is 1. The molecule has 192 valence electrons. The van der Waals surface area contributed by atoms with Crippen LogP contribution in [0.15, 0.2) is 55.1 Å². The fourth-order valence-corrected chi connectivity index (χ4v) is 4.41. The Hall–Kier alpha value is -4.15. The average molecular weight is 510 g/mol. The van der Waals surface area contributed by atoms with E-state index in [4.69, 9.17) is 0 Å². The number of benzene rings is 1. The number of alkyl halides is 3. The van der Waals surface area contributed by atoms with Crippen molar-refractivity contribution in [1.29, 1.82) is 0 Å². The Kier molecular flexibility index (Phi) is 6.68. The highest BCUT2D eigenvalue weighted by atomic mass is 19.4. The fraction of sp³-hybridized carbons (Fsp3) is 0.308. The third-order valence-corrected chi connectivity index (χ3v) is 6.33. The number of halogens is 3. The summed E-state index contributed by atoms with van der Waals surface area (Å²) in [4.78, 5) is 30.8. The maximum atomic E-state index is 12.4. The summed E-state index contributed by atoms with van der Waals surface area (Å²) in [5.41, 5.74) is 5.21. The maximum absolute atomic E-state index is 12.4. The topological polar surface area (TPSA) is 98.8 Å². The van der Waals surface area contributed by atoms with Gasteiger partial charge in [-0.25, -0.2) is 9.97 Å². The van der Waals surface area contributed by atoms with E-state index in [9.17, 15) is 18.0 Å². The van der Waals surface area contributed by atoms with Crippen molar-refractivity contribution in [1.82, 2.24) is 25.3 Å². The number of rotatable bonds is 7. The van der Waals surface area contributed by atoms with Crippen LogP contribution in [0.25, 0.3) is 33.4 Å². The van der Waals surface area contributed by atoms with E-state index in [0.29, 0.717) is 11.3 Å². The fourth-order valence-electron chi connectivity index (χ4n) is 4.41. The zero-order valence-electron chi connectivity index (χ0n) is 20.1. The van der Waals surface area contributed by atoms with Crippen LogP contribution in [0, 0.1) is 0 Å². The van der Waals surface area contributed by atoms with Crippen LogP contribution in [0.5, 0.6) is 0 Å². The van der Waals surface area contributed by atoms with Crippen molar-refractivity contribution in [3.05, 3.63) is 55.1 Å². The Morgan fingerprint density at radius 2 is 1.86 bits per heavy atom. The van der Waals surface area contributed by atoms with Gasteiger partial charge in [-0.2, -0.15) is 13.2 Å². The summed E-state index contributed by atoms with van der Waals surface area (Å²) in [6, 6.07) is 9.56. The normalized spacial score (nSPS) is 14.6. The summed E-state index contributed by atoms with van der Waals surface area (Å²) < 4.78 is 37.2. The minimum absolute atomic E-state index is 0.267. The second-order valence-corrected chi connectivity index (χ2v) is 9.05. The molecule has 3 N–H and O–H groups in total. The molecule has 37 heavy (non-hydrogen) atoms. The van der Waals surface area contributed by atoms with E-state index in [1.807, 2.05) is 17.6 Å². The molecule has 4 heterocycles. The molecule has 1 saturated heterocycles. The van der Waals surface area contributed by atoms with E-state index in [0.717, 1.165) is 35.2 Å². The number of carbonyl (C=O) groups is 1. The Bertz CT molecular complexity index is 1400. The Labute approximate surface area is 211 Å². The van der Waals surface area contributed by atoms with Crippen LogP contribution in [0.2, 0.25) is 0 Å². The van der Waals surface area contributed by atoms with Gasteiger partial charge in [-0.05, 0) is 43.5 Å². The third kappa shape index (κ3) is 5.65. The lowest BCUT2D eigenvalue weighted by Crippen LogP contribution is -2.42. The quantitative estimate of drug-likeness (QED) is 0.332. The average Bonchev–Trinajstić information content (AvgIpc) is 3.57. The van der Waals surface area contributed by atoms with Crippen LogP contribution in [-0.2, 0) is 4.79 Å². The number of nitrogens with one attached hydrogen (secondary N) is 3. The minimum Gasteiger partial charge on any atom is -0.372 e. The number of nitrogens with zero attached hydrogens (tertiary/aromatic N) is 4. The zero-order chi connectivity index (χ0) is 26.0. The van der Waals surface area contributed by atoms with E-state index in [1.54, 1.807) is 12.4 Å². The number of aromatic nitrogens is 4. The van der Waals surface area contributed by atoms with E-state index in [1.165, 1.54) is 31.6 Å². The Morgan fingerprint density at radius 3 is 2.59 bits per heavy atom. The molecular formula is C26H26F3N7O. The third-order valence-electron chi connectivity index (χ3n) is 6.33. The van der Waals surface area contributed by atoms with Crippen molar-refractivity contribution in [3.8, 4) is 22.4 Å². The van der Waals surface area contributed by atoms with Crippen molar-refractivity contribution >= 4 is 28.4 Å². The second-order valence-electron chi connectivity index (χ2n) is 9.05. The molecule has 4 aromatic rings. The molecule has 1 aromatic carbocycles. The largest absolute Gasteiger partial charge is 0.405 e. The van der Waals surface area contributed by atoms with Crippen LogP contribution in [0.3, 0.4) is 0 Å². The molecule has 1 fully saturated rings. The van der Waals surface area contributed by atoms with Crippen LogP contribution < -0.4 is 15.5 Å². The smallest absolute Gasteiger partial charge is 0.372 e. The zero-order valence-corrected chi connectivity index (χ0v) is 20.1. The molecule has 0 aliphatic carbocycles. The minimum atomic E-state index is -4.48. The number of H-pyrrole nitrogens is 1. The molecule has 0 spiro atoms. The van der Waals surface area contributed by atoms with Gasteiger partial charge in [-0.3, -0.25) is 9.78 Å². The van der Waals surface area contributed by atoms with Gasteiger partial charge >= 0.3 is 6.18 Å². The van der Waals surface area contributed by atoms with E-state index in [2.05, 4.69) is 54.4 Å². The standard InChI is InChI=1S/C26H26F3N7O/c1-16(25(37)33-15-26(27,28)29)34-23-14-30-13-22(35-23)21-12-32-24-20(21)10-18(11-31-24)17-4-6-19(7-5-17)36-8-2-3-9-36/h4-7,10-14,16H,2-3,8-9,15H2,1H3,(H,31,32)(H,33,37)(H,34,35)/t16-/m1/s1. The van der Waals surface area contributed by atoms with Crippen molar-refractivity contribution in [2.45, 2.75) is 32.0 Å². The Morgan fingerprint density at radius 1 is 1.11 bits per heavy atom. The molecule has 1 amide bonds. The SMILES string of the molecule is C[C@@H](Nc1cncc(-c2c[nH]c3ncc(-c4ccc(N5CCCC5)cc4)cc23)n1)C(=O)NCC(F)(F)F. The first-order valence-corrected chi connectivity index (χ1v) is 12.0. The molecule has 5 rings (SSSR count). The molecule has 0 unspecified atom stereocenters. The van der Waals surface area contributed by atoms with Gasteiger partial charge in [0, 0.05) is 47.7 Å². The van der Waals surface area contributed by atoms with E-state index < -0.39 is 24.7 Å². The van der Waals surface area contributed by atoms with Gasteiger partial charge < -0.3 is 20.5 Å². The van der Waals surface area contributed by atoms with Gasteiger partial charge in [0.1, 0.15) is 24.1 Å². The molecule has 3 aromatic heterocycles. The molecule has 1 aliphatic heterocycles. The lowest BCUT2D eigenvalue weighted by Gasteiger charge is -2.17. The lowest BCUT2D eigenvalue weighted by atomic mass is 10.0. The van der Waals surface area contributed by atoms with Gasteiger partial charge in [0.25, 0.3) is 0 Å². The highest BCUT2D eigenvalue weighted by Crippen LogP contribution is 2.31. The van der Waals surface area contributed by atoms with Gasteiger partial charge in [-0.15, -0.1) is 0 Å². The second kappa shape index (κ2) is 10.1. The predicted molar refractivity (Wildman–Crippen MR) is 136 cm³/mol. The van der Waals surface area contributed by atoms with Crippen LogP contribution in [-0.4, -0.2) is 57.7 Å². The summed E-state index contributed by atoms with van der Waals surface area (Å²) in [6.07, 6.45) is 4.57. The maximum Gasteiger partial charge on any atom is 0.405 e. The first-order chi connectivity index (χ1) is 17.8.